The van der Waals surface area contributed by atoms with Gasteiger partial charge < -0.3 is 15.0 Å². The number of carbonyl (C=O) groups excluding carboxylic acids is 2. The molecule has 0 spiro atoms. The molecule has 1 N–H and O–H groups in total. The van der Waals surface area contributed by atoms with Crippen molar-refractivity contribution in [3.05, 3.63) is 36.0 Å². The lowest BCUT2D eigenvalue weighted by atomic mass is 9.99. The molecule has 0 aliphatic carbocycles. The molecule has 0 bridgehead atoms. The lowest BCUT2D eigenvalue weighted by Gasteiger charge is -2.37. The Hall–Kier alpha value is -2.28. The van der Waals surface area contributed by atoms with E-state index in [1.165, 1.54) is 18.2 Å². The summed E-state index contributed by atoms with van der Waals surface area (Å²) in [4.78, 5) is 32.4. The third kappa shape index (κ3) is 6.12. The molecule has 3 rings (SSSR count). The van der Waals surface area contributed by atoms with Gasteiger partial charge in [0.05, 0.1) is 34.7 Å². The highest BCUT2D eigenvalue weighted by Crippen LogP contribution is 2.33. The number of aliphatic imine (C=N–C) groups is 1. The van der Waals surface area contributed by atoms with Crippen LogP contribution in [0.5, 0.6) is 0 Å². The zero-order chi connectivity index (χ0) is 22.2. The van der Waals surface area contributed by atoms with Crippen molar-refractivity contribution in [2.75, 3.05) is 18.5 Å². The Balaban J connectivity index is 1.83. The first-order valence-corrected chi connectivity index (χ1v) is 12.2. The number of likely N-dealkylation sites (tertiary alicyclic amines) is 1. The normalized spacial score (nSPS) is 19.3. The molecule has 7 heteroatoms. The predicted octanol–water partition coefficient (Wildman–Crippen LogP) is 5.28. The van der Waals surface area contributed by atoms with E-state index in [1.54, 1.807) is 6.92 Å². The van der Waals surface area contributed by atoms with Gasteiger partial charge >= 0.3 is 5.97 Å². The van der Waals surface area contributed by atoms with Gasteiger partial charge in [0.15, 0.2) is 0 Å². The second-order valence-electron chi connectivity index (χ2n) is 7.85. The Morgan fingerprint density at radius 2 is 2.06 bits per heavy atom. The molecule has 1 saturated heterocycles. The van der Waals surface area contributed by atoms with Gasteiger partial charge in [-0.05, 0) is 57.2 Å². The number of amides is 1. The van der Waals surface area contributed by atoms with Crippen LogP contribution in [-0.4, -0.2) is 46.3 Å². The Bertz CT molecular complexity index is 852. The fourth-order valence-electron chi connectivity index (χ4n) is 4.06. The summed E-state index contributed by atoms with van der Waals surface area (Å²) in [6, 6.07) is 8.08. The molecule has 0 saturated carbocycles. The standard InChI is InChI=1S/C24H33N3O3S/c1-4-18-11-9-10-14-27(18)24(29)21(5-2)31-22-15-17(16-23(28)30-6-3)25-19-12-7-8-13-20(19)26-22/h7-8,12-13,15,18,21,25H,4-6,9-11,14,16H2,1-3H3. The molecule has 0 radical (unpaired) electrons. The maximum Gasteiger partial charge on any atom is 0.311 e. The minimum atomic E-state index is -0.285. The number of fused-ring (bicyclic) bond motifs is 1. The van der Waals surface area contributed by atoms with Crippen molar-refractivity contribution in [3.63, 3.8) is 0 Å². The second kappa shape index (κ2) is 11.4. The number of hydrogen-bond donors (Lipinski definition) is 1. The number of esters is 1. The summed E-state index contributed by atoms with van der Waals surface area (Å²) in [5.41, 5.74) is 2.36. The molecule has 1 fully saturated rings. The predicted molar refractivity (Wildman–Crippen MR) is 128 cm³/mol. The van der Waals surface area contributed by atoms with E-state index < -0.39 is 0 Å². The largest absolute Gasteiger partial charge is 0.466 e. The Kier molecular flexibility index (Phi) is 8.58. The van der Waals surface area contributed by atoms with Gasteiger partial charge in [0.25, 0.3) is 0 Å². The van der Waals surface area contributed by atoms with Crippen LogP contribution >= 0.6 is 11.8 Å². The molecule has 1 aromatic carbocycles. The van der Waals surface area contributed by atoms with E-state index in [-0.39, 0.29) is 23.5 Å². The van der Waals surface area contributed by atoms with E-state index in [4.69, 9.17) is 9.73 Å². The minimum Gasteiger partial charge on any atom is -0.466 e. The summed E-state index contributed by atoms with van der Waals surface area (Å²) in [7, 11) is 0. The summed E-state index contributed by atoms with van der Waals surface area (Å²) in [5.74, 6) is -0.0835. The first kappa shape index (κ1) is 23.4. The van der Waals surface area contributed by atoms with Crippen LogP contribution in [0.2, 0.25) is 0 Å². The van der Waals surface area contributed by atoms with Gasteiger partial charge in [-0.15, -0.1) is 0 Å². The van der Waals surface area contributed by atoms with E-state index in [0.29, 0.717) is 12.6 Å². The van der Waals surface area contributed by atoms with E-state index in [2.05, 4.69) is 17.1 Å². The zero-order valence-electron chi connectivity index (χ0n) is 18.7. The monoisotopic (exact) mass is 443 g/mol. The number of thioether (sulfide) groups is 1. The number of carbonyl (C=O) groups is 2. The minimum absolute atomic E-state index is 0.135. The number of nitrogens with one attached hydrogen (secondary N) is 1. The molecular formula is C24H33N3O3S. The number of nitrogens with zero attached hydrogens (tertiary/aromatic N) is 2. The first-order valence-electron chi connectivity index (χ1n) is 11.3. The molecule has 2 unspecified atom stereocenters. The van der Waals surface area contributed by atoms with Gasteiger partial charge in [0.2, 0.25) is 5.91 Å². The first-order chi connectivity index (χ1) is 15.0. The highest BCUT2D eigenvalue weighted by molar-refractivity contribution is 8.15. The van der Waals surface area contributed by atoms with Gasteiger partial charge in [-0.1, -0.05) is 37.7 Å². The van der Waals surface area contributed by atoms with Gasteiger partial charge in [-0.2, -0.15) is 0 Å². The average Bonchev–Trinajstić information content (AvgIpc) is 2.95. The van der Waals surface area contributed by atoms with Gasteiger partial charge in [-0.25, -0.2) is 4.99 Å². The maximum atomic E-state index is 13.4. The molecule has 0 aromatic heterocycles. The number of para-hydroxylation sites is 2. The smallest absolute Gasteiger partial charge is 0.311 e. The number of hydrogen-bond acceptors (Lipinski definition) is 6. The van der Waals surface area contributed by atoms with Crippen LogP contribution in [0.3, 0.4) is 0 Å². The SMILES string of the molecule is CCOC(=O)CC1=CC(SC(CC)C(=O)N2CCCCC2CC)=Nc2ccccc2N1. The van der Waals surface area contributed by atoms with Crippen molar-refractivity contribution in [3.8, 4) is 0 Å². The van der Waals surface area contributed by atoms with Crippen molar-refractivity contribution in [2.24, 2.45) is 4.99 Å². The third-order valence-corrected chi connectivity index (χ3v) is 6.93. The van der Waals surface area contributed by atoms with Crippen LogP contribution in [0.15, 0.2) is 41.0 Å². The molecule has 2 atom stereocenters. The number of rotatable bonds is 7. The molecule has 31 heavy (non-hydrogen) atoms. The average molecular weight is 444 g/mol. The van der Waals surface area contributed by atoms with Crippen molar-refractivity contribution in [1.29, 1.82) is 0 Å². The van der Waals surface area contributed by atoms with Gasteiger partial charge in [0.1, 0.15) is 0 Å². The quantitative estimate of drug-likeness (QED) is 0.581. The summed E-state index contributed by atoms with van der Waals surface area (Å²) >= 11 is 1.49. The number of ether oxygens (including phenoxy) is 1. The summed E-state index contributed by atoms with van der Waals surface area (Å²) in [5, 5.41) is 3.86. The van der Waals surface area contributed by atoms with Crippen LogP contribution in [0.1, 0.15) is 59.3 Å². The molecular weight excluding hydrogens is 410 g/mol. The lowest BCUT2D eigenvalue weighted by Crippen LogP contribution is -2.47. The fourth-order valence-corrected chi connectivity index (χ4v) is 5.12. The highest BCUT2D eigenvalue weighted by atomic mass is 32.2. The summed E-state index contributed by atoms with van der Waals surface area (Å²) in [6.07, 6.45) is 7.10. The van der Waals surface area contributed by atoms with Gasteiger partial charge in [-0.3, -0.25) is 9.59 Å². The molecule has 1 aromatic rings. The van der Waals surface area contributed by atoms with E-state index in [0.717, 1.165) is 54.3 Å². The Morgan fingerprint density at radius 3 is 2.81 bits per heavy atom. The van der Waals surface area contributed by atoms with Crippen molar-refractivity contribution in [1.82, 2.24) is 4.90 Å². The summed E-state index contributed by atoms with van der Waals surface area (Å²) < 4.78 is 5.13. The van der Waals surface area contributed by atoms with Crippen LogP contribution in [-0.2, 0) is 14.3 Å². The van der Waals surface area contributed by atoms with Crippen molar-refractivity contribution in [2.45, 2.75) is 70.6 Å². The Labute approximate surface area is 189 Å². The van der Waals surface area contributed by atoms with Crippen LogP contribution in [0, 0.1) is 0 Å². The van der Waals surface area contributed by atoms with E-state index in [1.807, 2.05) is 37.3 Å². The van der Waals surface area contributed by atoms with Crippen LogP contribution in [0.4, 0.5) is 11.4 Å². The van der Waals surface area contributed by atoms with Crippen LogP contribution in [0.25, 0.3) is 0 Å². The van der Waals surface area contributed by atoms with Crippen molar-refractivity contribution < 1.29 is 14.3 Å². The Morgan fingerprint density at radius 1 is 1.26 bits per heavy atom. The molecule has 1 amide bonds. The topological polar surface area (TPSA) is 71.0 Å². The summed E-state index contributed by atoms with van der Waals surface area (Å²) in [6.45, 7) is 7.20. The van der Waals surface area contributed by atoms with Crippen molar-refractivity contribution >= 4 is 40.1 Å². The molecule has 168 valence electrons. The molecule has 6 nitrogen and oxygen atoms in total. The van der Waals surface area contributed by atoms with E-state index in [9.17, 15) is 9.59 Å². The highest BCUT2D eigenvalue weighted by Gasteiger charge is 2.31. The number of anilines is 1. The zero-order valence-corrected chi connectivity index (χ0v) is 19.5. The van der Waals surface area contributed by atoms with Crippen LogP contribution < -0.4 is 5.32 Å². The third-order valence-electron chi connectivity index (χ3n) is 5.66. The number of benzene rings is 1. The fraction of sp³-hybridized carbons (Fsp3) is 0.542. The molecule has 2 aliphatic heterocycles. The van der Waals surface area contributed by atoms with E-state index >= 15 is 0 Å². The molecule has 2 heterocycles. The lowest BCUT2D eigenvalue weighted by molar-refractivity contribution is -0.142. The maximum absolute atomic E-state index is 13.4. The molecule has 2 aliphatic rings. The van der Waals surface area contributed by atoms with Gasteiger partial charge in [0, 0.05) is 18.3 Å². The second-order valence-corrected chi connectivity index (χ2v) is 9.07. The number of piperidine rings is 1.